The average molecular weight is 268 g/mol. The molecule has 5 heteroatoms. The molecule has 1 aromatic heterocycles. The highest BCUT2D eigenvalue weighted by molar-refractivity contribution is 14.1. The van der Waals surface area contributed by atoms with Crippen molar-refractivity contribution in [2.75, 3.05) is 0 Å². The number of aromatic nitrogens is 2. The molecule has 0 saturated carbocycles. The molecular formula is C6H6FIN2O. The van der Waals surface area contributed by atoms with E-state index in [-0.39, 0.29) is 11.3 Å². The lowest BCUT2D eigenvalue weighted by atomic mass is 10.3. The van der Waals surface area contributed by atoms with Gasteiger partial charge in [0.05, 0.1) is 12.0 Å². The molecule has 11 heavy (non-hydrogen) atoms. The van der Waals surface area contributed by atoms with E-state index in [4.69, 9.17) is 0 Å². The summed E-state index contributed by atoms with van der Waals surface area (Å²) in [6.45, 7) is 1.35. The van der Waals surface area contributed by atoms with Gasteiger partial charge < -0.3 is 4.98 Å². The molecule has 0 amide bonds. The van der Waals surface area contributed by atoms with Crippen LogP contribution in [-0.2, 0) is 0 Å². The van der Waals surface area contributed by atoms with Gasteiger partial charge >= 0.3 is 0 Å². The molecule has 0 bridgehead atoms. The number of rotatable bonds is 1. The zero-order valence-electron chi connectivity index (χ0n) is 5.77. The van der Waals surface area contributed by atoms with E-state index >= 15 is 0 Å². The maximum atomic E-state index is 12.7. The highest BCUT2D eigenvalue weighted by Gasteiger charge is 2.10. The minimum Gasteiger partial charge on any atom is -0.312 e. The topological polar surface area (TPSA) is 45.8 Å². The Hall–Kier alpha value is -0.460. The van der Waals surface area contributed by atoms with Crippen molar-refractivity contribution in [2.45, 2.75) is 13.1 Å². The fraction of sp³-hybridized carbons (Fsp3) is 0.333. The summed E-state index contributed by atoms with van der Waals surface area (Å²) >= 11 is 1.77. The van der Waals surface area contributed by atoms with Gasteiger partial charge in [-0.1, -0.05) is 0 Å². The third-order valence-corrected chi connectivity index (χ3v) is 2.24. The normalized spacial score (nSPS) is 13.0. The zero-order valence-corrected chi connectivity index (χ0v) is 7.92. The van der Waals surface area contributed by atoms with Crippen molar-refractivity contribution in [3.05, 3.63) is 25.9 Å². The number of alkyl halides is 1. The number of halogens is 2. The molecule has 3 nitrogen and oxygen atoms in total. The monoisotopic (exact) mass is 268 g/mol. The maximum absolute atomic E-state index is 12.7. The van der Waals surface area contributed by atoms with E-state index in [9.17, 15) is 9.18 Å². The zero-order chi connectivity index (χ0) is 8.43. The summed E-state index contributed by atoms with van der Waals surface area (Å²) in [7, 11) is 0. The number of hydrogen-bond acceptors (Lipinski definition) is 2. The van der Waals surface area contributed by atoms with E-state index in [0.717, 1.165) is 0 Å². The van der Waals surface area contributed by atoms with Crippen LogP contribution in [0.1, 0.15) is 18.8 Å². The standard InChI is InChI=1S/C6H6FIN2O/c1-3(7)5-4(8)6(11)10-2-9-5/h2-3H,1H3,(H,9,10,11). The van der Waals surface area contributed by atoms with Gasteiger partial charge in [0, 0.05) is 0 Å². The molecule has 0 saturated heterocycles. The fourth-order valence-electron chi connectivity index (χ4n) is 0.674. The summed E-state index contributed by atoms with van der Waals surface area (Å²) < 4.78 is 13.0. The van der Waals surface area contributed by atoms with Gasteiger partial charge in [-0.15, -0.1) is 0 Å². The van der Waals surface area contributed by atoms with Crippen molar-refractivity contribution >= 4 is 22.6 Å². The molecule has 60 valence electrons. The first kappa shape index (κ1) is 8.63. The van der Waals surface area contributed by atoms with Crippen LogP contribution < -0.4 is 5.56 Å². The van der Waals surface area contributed by atoms with Crippen LogP contribution in [0.15, 0.2) is 11.1 Å². The summed E-state index contributed by atoms with van der Waals surface area (Å²) in [4.78, 5) is 16.9. The van der Waals surface area contributed by atoms with Crippen LogP contribution >= 0.6 is 22.6 Å². The highest BCUT2D eigenvalue weighted by atomic mass is 127. The minimum absolute atomic E-state index is 0.203. The fourth-order valence-corrected chi connectivity index (χ4v) is 1.40. The van der Waals surface area contributed by atoms with Gasteiger partial charge in [-0.3, -0.25) is 4.79 Å². The first-order valence-electron chi connectivity index (χ1n) is 3.00. The average Bonchev–Trinajstić information content (AvgIpc) is 1.94. The minimum atomic E-state index is -1.19. The van der Waals surface area contributed by atoms with Gasteiger partial charge in [0.1, 0.15) is 9.74 Å². The number of nitrogens with zero attached hydrogens (tertiary/aromatic N) is 1. The molecule has 1 aromatic rings. The first-order valence-corrected chi connectivity index (χ1v) is 4.08. The van der Waals surface area contributed by atoms with Crippen LogP contribution in [0.4, 0.5) is 4.39 Å². The number of nitrogens with one attached hydrogen (secondary N) is 1. The van der Waals surface area contributed by atoms with Crippen LogP contribution in [0, 0.1) is 3.57 Å². The molecule has 0 aliphatic carbocycles. The Kier molecular flexibility index (Phi) is 2.58. The Balaban J connectivity index is 3.28. The van der Waals surface area contributed by atoms with Gasteiger partial charge in [0.2, 0.25) is 0 Å². The predicted octanol–water partition coefficient (Wildman–Crippen LogP) is 1.41. The van der Waals surface area contributed by atoms with E-state index < -0.39 is 6.17 Å². The molecular weight excluding hydrogens is 262 g/mol. The Morgan fingerprint density at radius 3 is 2.91 bits per heavy atom. The second kappa shape index (κ2) is 3.29. The summed E-state index contributed by atoms with van der Waals surface area (Å²) in [6.07, 6.45) is 0.0137. The molecule has 0 aliphatic rings. The van der Waals surface area contributed by atoms with Crippen LogP contribution in [0.25, 0.3) is 0 Å². The van der Waals surface area contributed by atoms with Crippen molar-refractivity contribution in [3.8, 4) is 0 Å². The van der Waals surface area contributed by atoms with Crippen molar-refractivity contribution in [3.63, 3.8) is 0 Å². The SMILES string of the molecule is CC(F)c1nc[nH]c(=O)c1I. The molecule has 1 unspecified atom stereocenters. The Bertz CT molecular complexity index is 310. The maximum Gasteiger partial charge on any atom is 0.264 e. The molecule has 0 aromatic carbocycles. The quantitative estimate of drug-likeness (QED) is 0.782. The van der Waals surface area contributed by atoms with Gasteiger partial charge in [0.25, 0.3) is 5.56 Å². The molecule has 0 spiro atoms. The summed E-state index contributed by atoms with van der Waals surface area (Å²) in [5.74, 6) is 0. The van der Waals surface area contributed by atoms with E-state index in [1.54, 1.807) is 22.6 Å². The van der Waals surface area contributed by atoms with Crippen LogP contribution in [0.5, 0.6) is 0 Å². The van der Waals surface area contributed by atoms with E-state index in [2.05, 4.69) is 9.97 Å². The van der Waals surface area contributed by atoms with Crippen molar-refractivity contribution in [1.29, 1.82) is 0 Å². The molecule has 1 atom stereocenters. The van der Waals surface area contributed by atoms with Gasteiger partial charge in [-0.2, -0.15) is 0 Å². The first-order chi connectivity index (χ1) is 5.13. The van der Waals surface area contributed by atoms with Crippen LogP contribution in [0.3, 0.4) is 0 Å². The third kappa shape index (κ3) is 1.76. The lowest BCUT2D eigenvalue weighted by molar-refractivity contribution is 0.363. The Morgan fingerprint density at radius 1 is 1.82 bits per heavy atom. The van der Waals surface area contributed by atoms with Crippen LogP contribution in [0.2, 0.25) is 0 Å². The third-order valence-electron chi connectivity index (χ3n) is 1.20. The molecule has 1 heterocycles. The Labute approximate surface area is 76.2 Å². The molecule has 1 N–H and O–H groups in total. The second-order valence-electron chi connectivity index (χ2n) is 2.05. The van der Waals surface area contributed by atoms with Gasteiger partial charge in [-0.25, -0.2) is 9.37 Å². The number of H-pyrrole nitrogens is 1. The lowest BCUT2D eigenvalue weighted by Crippen LogP contribution is -2.14. The lowest BCUT2D eigenvalue weighted by Gasteiger charge is -2.00. The second-order valence-corrected chi connectivity index (χ2v) is 3.13. The summed E-state index contributed by atoms with van der Waals surface area (Å²) in [6, 6.07) is 0. The van der Waals surface area contributed by atoms with Crippen molar-refractivity contribution in [2.24, 2.45) is 0 Å². The van der Waals surface area contributed by atoms with Gasteiger partial charge in [0.15, 0.2) is 0 Å². The van der Waals surface area contributed by atoms with Gasteiger partial charge in [-0.05, 0) is 29.5 Å². The van der Waals surface area contributed by atoms with E-state index in [1.165, 1.54) is 13.3 Å². The number of aromatic amines is 1. The largest absolute Gasteiger partial charge is 0.312 e. The summed E-state index contributed by atoms with van der Waals surface area (Å²) in [5.41, 5.74) is -0.0885. The van der Waals surface area contributed by atoms with E-state index in [1.807, 2.05) is 0 Å². The smallest absolute Gasteiger partial charge is 0.264 e. The van der Waals surface area contributed by atoms with Crippen molar-refractivity contribution < 1.29 is 4.39 Å². The van der Waals surface area contributed by atoms with Crippen LogP contribution in [-0.4, -0.2) is 9.97 Å². The number of hydrogen-bond donors (Lipinski definition) is 1. The molecule has 1 rings (SSSR count). The highest BCUT2D eigenvalue weighted by Crippen LogP contribution is 2.15. The molecule has 0 fully saturated rings. The van der Waals surface area contributed by atoms with E-state index in [0.29, 0.717) is 3.57 Å². The summed E-state index contributed by atoms with van der Waals surface area (Å²) in [5, 5.41) is 0. The molecule has 0 radical (unpaired) electrons. The predicted molar refractivity (Wildman–Crippen MR) is 47.1 cm³/mol. The Morgan fingerprint density at radius 2 is 2.45 bits per heavy atom. The molecule has 0 aliphatic heterocycles. The van der Waals surface area contributed by atoms with Crippen molar-refractivity contribution in [1.82, 2.24) is 9.97 Å².